The number of amides is 1. The van der Waals surface area contributed by atoms with Crippen molar-refractivity contribution >= 4 is 17.8 Å². The highest BCUT2D eigenvalue weighted by Crippen LogP contribution is 2.35. The molecule has 11 heteroatoms. The Bertz CT molecular complexity index is 1020. The van der Waals surface area contributed by atoms with Gasteiger partial charge in [0.05, 0.1) is 34.0 Å². The number of ether oxygens (including phenoxy) is 4. The zero-order valence-corrected chi connectivity index (χ0v) is 20.1. The number of carbonyl (C=O) groups is 3. The first-order valence-corrected chi connectivity index (χ1v) is 10.6. The first-order chi connectivity index (χ1) is 16.7. The monoisotopic (exact) mass is 490 g/mol. The van der Waals surface area contributed by atoms with E-state index in [1.165, 1.54) is 0 Å². The lowest BCUT2D eigenvalue weighted by atomic mass is 10.1. The fourth-order valence-electron chi connectivity index (χ4n) is 3.56. The molecule has 0 atom stereocenters. The van der Waals surface area contributed by atoms with Gasteiger partial charge in [0.15, 0.2) is 11.5 Å². The third-order valence-corrected chi connectivity index (χ3v) is 5.36. The molecule has 11 nitrogen and oxygen atoms in total. The van der Waals surface area contributed by atoms with Gasteiger partial charge in [-0.25, -0.2) is 9.59 Å². The van der Waals surface area contributed by atoms with Crippen molar-refractivity contribution in [3.63, 3.8) is 0 Å². The number of carboxylic acids is 2. The number of piperazine rings is 1. The van der Waals surface area contributed by atoms with E-state index in [0.29, 0.717) is 42.4 Å². The van der Waals surface area contributed by atoms with Crippen LogP contribution in [0, 0.1) is 0 Å². The number of carbonyl (C=O) groups excluding carboxylic acids is 1. The first-order valence-electron chi connectivity index (χ1n) is 10.6. The molecule has 2 aromatic rings. The van der Waals surface area contributed by atoms with Crippen LogP contribution in [-0.4, -0.2) is 92.5 Å². The number of hydrogen-bond donors (Lipinski definition) is 2. The molecule has 1 heterocycles. The van der Waals surface area contributed by atoms with Crippen LogP contribution in [0.5, 0.6) is 23.0 Å². The molecule has 190 valence electrons. The van der Waals surface area contributed by atoms with Crippen LogP contribution in [0.15, 0.2) is 36.4 Å². The summed E-state index contributed by atoms with van der Waals surface area (Å²) in [5, 5.41) is 14.8. The van der Waals surface area contributed by atoms with Crippen molar-refractivity contribution in [1.82, 2.24) is 9.80 Å². The molecular weight excluding hydrogens is 460 g/mol. The Morgan fingerprint density at radius 1 is 0.743 bits per heavy atom. The summed E-state index contributed by atoms with van der Waals surface area (Å²) < 4.78 is 21.6. The molecule has 1 aliphatic heterocycles. The Kier molecular flexibility index (Phi) is 10.2. The van der Waals surface area contributed by atoms with Crippen LogP contribution in [-0.2, 0) is 16.1 Å². The van der Waals surface area contributed by atoms with Crippen LogP contribution in [0.25, 0.3) is 0 Å². The number of hydrogen-bond acceptors (Lipinski definition) is 8. The van der Waals surface area contributed by atoms with E-state index in [-0.39, 0.29) is 5.91 Å². The van der Waals surface area contributed by atoms with E-state index in [0.717, 1.165) is 24.4 Å². The van der Waals surface area contributed by atoms with Crippen molar-refractivity contribution in [3.05, 3.63) is 47.5 Å². The van der Waals surface area contributed by atoms with E-state index in [1.807, 2.05) is 41.3 Å². The van der Waals surface area contributed by atoms with Gasteiger partial charge in [0.2, 0.25) is 0 Å². The predicted octanol–water partition coefficient (Wildman–Crippen LogP) is 1.83. The minimum Gasteiger partial charge on any atom is -0.496 e. The molecule has 2 N–H and O–H groups in total. The quantitative estimate of drug-likeness (QED) is 0.554. The fourth-order valence-corrected chi connectivity index (χ4v) is 3.56. The highest BCUT2D eigenvalue weighted by molar-refractivity contribution is 6.27. The van der Waals surface area contributed by atoms with Crippen molar-refractivity contribution in [2.45, 2.75) is 6.54 Å². The van der Waals surface area contributed by atoms with Crippen molar-refractivity contribution < 1.29 is 43.5 Å². The van der Waals surface area contributed by atoms with Gasteiger partial charge in [-0.15, -0.1) is 0 Å². The third-order valence-electron chi connectivity index (χ3n) is 5.36. The van der Waals surface area contributed by atoms with Crippen molar-refractivity contribution in [2.24, 2.45) is 0 Å². The van der Waals surface area contributed by atoms with Gasteiger partial charge in [0.25, 0.3) is 5.91 Å². The van der Waals surface area contributed by atoms with E-state index in [2.05, 4.69) is 4.90 Å². The molecule has 1 amide bonds. The molecule has 1 fully saturated rings. The van der Waals surface area contributed by atoms with E-state index in [9.17, 15) is 4.79 Å². The first kappa shape index (κ1) is 27.3. The summed E-state index contributed by atoms with van der Waals surface area (Å²) in [4.78, 5) is 35.3. The minimum absolute atomic E-state index is 0.00537. The second-order valence-electron chi connectivity index (χ2n) is 7.40. The maximum absolute atomic E-state index is 12.9. The van der Waals surface area contributed by atoms with Gasteiger partial charge < -0.3 is 34.1 Å². The molecule has 0 saturated carbocycles. The van der Waals surface area contributed by atoms with Crippen LogP contribution >= 0.6 is 0 Å². The zero-order valence-electron chi connectivity index (χ0n) is 20.1. The maximum atomic E-state index is 12.9. The third kappa shape index (κ3) is 7.24. The van der Waals surface area contributed by atoms with Crippen molar-refractivity contribution in [1.29, 1.82) is 0 Å². The number of methoxy groups -OCH3 is 4. The van der Waals surface area contributed by atoms with Gasteiger partial charge >= 0.3 is 11.9 Å². The number of nitrogens with zero attached hydrogens (tertiary/aromatic N) is 2. The number of aliphatic carboxylic acids is 2. The molecule has 0 aliphatic carbocycles. The Labute approximate surface area is 203 Å². The second kappa shape index (κ2) is 13.0. The molecular formula is C24H30N2O9. The Morgan fingerprint density at radius 3 is 1.77 bits per heavy atom. The number of para-hydroxylation sites is 1. The smallest absolute Gasteiger partial charge is 0.414 e. The summed E-state index contributed by atoms with van der Waals surface area (Å²) in [5.74, 6) is -0.963. The Balaban J connectivity index is 0.000000641. The van der Waals surface area contributed by atoms with Crippen LogP contribution in [0.2, 0.25) is 0 Å². The standard InChI is InChI=1S/C22H28N2O5.C2H2O4/c1-26-18-8-6-5-7-17(18)22(25)24-11-9-23(10-12-24)15-16-13-20(28-3)21(29-4)14-19(16)27-2;3-1(4)2(5)6/h5-8,13-14H,9-12,15H2,1-4H3;(H,3,4)(H,5,6). The maximum Gasteiger partial charge on any atom is 0.414 e. The van der Waals surface area contributed by atoms with E-state index in [4.69, 9.17) is 38.7 Å². The summed E-state index contributed by atoms with van der Waals surface area (Å²) >= 11 is 0. The normalized spacial score (nSPS) is 13.2. The minimum atomic E-state index is -1.82. The largest absolute Gasteiger partial charge is 0.496 e. The van der Waals surface area contributed by atoms with Crippen LogP contribution < -0.4 is 18.9 Å². The molecule has 0 radical (unpaired) electrons. The molecule has 0 unspecified atom stereocenters. The van der Waals surface area contributed by atoms with Gasteiger partial charge in [0, 0.05) is 44.4 Å². The number of rotatable bonds is 7. The fraction of sp³-hybridized carbons (Fsp3) is 0.375. The molecule has 0 bridgehead atoms. The second-order valence-corrected chi connectivity index (χ2v) is 7.40. The van der Waals surface area contributed by atoms with Gasteiger partial charge in [-0.2, -0.15) is 0 Å². The van der Waals surface area contributed by atoms with Gasteiger partial charge in [-0.1, -0.05) is 12.1 Å². The zero-order chi connectivity index (χ0) is 26.0. The highest BCUT2D eigenvalue weighted by atomic mass is 16.5. The van der Waals surface area contributed by atoms with Crippen molar-refractivity contribution in [2.75, 3.05) is 54.6 Å². The molecule has 35 heavy (non-hydrogen) atoms. The van der Waals surface area contributed by atoms with Crippen LogP contribution in [0.1, 0.15) is 15.9 Å². The summed E-state index contributed by atoms with van der Waals surface area (Å²) in [6.45, 7) is 3.58. The lowest BCUT2D eigenvalue weighted by Gasteiger charge is -2.35. The lowest BCUT2D eigenvalue weighted by Crippen LogP contribution is -2.48. The molecule has 1 saturated heterocycles. The number of benzene rings is 2. The van der Waals surface area contributed by atoms with Gasteiger partial charge in [-0.3, -0.25) is 9.69 Å². The number of carboxylic acid groups (broad SMARTS) is 2. The van der Waals surface area contributed by atoms with E-state index < -0.39 is 11.9 Å². The van der Waals surface area contributed by atoms with Crippen molar-refractivity contribution in [3.8, 4) is 23.0 Å². The lowest BCUT2D eigenvalue weighted by molar-refractivity contribution is -0.159. The molecule has 0 spiro atoms. The molecule has 1 aliphatic rings. The predicted molar refractivity (Wildman–Crippen MR) is 126 cm³/mol. The van der Waals surface area contributed by atoms with Crippen LogP contribution in [0.3, 0.4) is 0 Å². The highest BCUT2D eigenvalue weighted by Gasteiger charge is 2.25. The Hall–Kier alpha value is -3.99. The average molecular weight is 491 g/mol. The summed E-state index contributed by atoms with van der Waals surface area (Å²) in [5.41, 5.74) is 1.62. The summed E-state index contributed by atoms with van der Waals surface area (Å²) in [6.07, 6.45) is 0. The summed E-state index contributed by atoms with van der Waals surface area (Å²) in [6, 6.07) is 11.1. The van der Waals surface area contributed by atoms with E-state index in [1.54, 1.807) is 28.4 Å². The average Bonchev–Trinajstić information content (AvgIpc) is 2.88. The van der Waals surface area contributed by atoms with E-state index >= 15 is 0 Å². The molecule has 3 rings (SSSR count). The SMILES string of the molecule is COc1cc(OC)c(OC)cc1CN1CCN(C(=O)c2ccccc2OC)CC1.O=C(O)C(=O)O. The summed E-state index contributed by atoms with van der Waals surface area (Å²) in [7, 11) is 6.46. The topological polar surface area (TPSA) is 135 Å². The molecule has 0 aromatic heterocycles. The van der Waals surface area contributed by atoms with Crippen LogP contribution in [0.4, 0.5) is 0 Å². The van der Waals surface area contributed by atoms with Gasteiger partial charge in [0.1, 0.15) is 11.5 Å². The van der Waals surface area contributed by atoms with Gasteiger partial charge in [-0.05, 0) is 18.2 Å². The Morgan fingerprint density at radius 2 is 1.26 bits per heavy atom. The molecule has 2 aromatic carbocycles.